The molecule has 0 unspecified atom stereocenters. The Kier molecular flexibility index (Phi) is 2.76. The second-order valence-corrected chi connectivity index (χ2v) is 5.29. The highest BCUT2D eigenvalue weighted by Gasteiger charge is 2.30. The number of benzene rings is 1. The maximum atomic E-state index is 9.34. The largest absolute Gasteiger partial charge is 0.392 e. The highest BCUT2D eigenvalue weighted by atomic mass is 79.9. The summed E-state index contributed by atoms with van der Waals surface area (Å²) in [5, 5.41) is 13.7. The molecule has 1 aromatic carbocycles. The van der Waals surface area contributed by atoms with E-state index in [0.717, 1.165) is 15.7 Å². The molecule has 3 nitrogen and oxygen atoms in total. The normalized spacial score (nSPS) is 15.2. The quantitative estimate of drug-likeness (QED) is 0.944. The van der Waals surface area contributed by atoms with Crippen molar-refractivity contribution < 1.29 is 5.11 Å². The van der Waals surface area contributed by atoms with Gasteiger partial charge in [0, 0.05) is 16.0 Å². The second kappa shape index (κ2) is 4.27. The van der Waals surface area contributed by atoms with E-state index >= 15 is 0 Å². The van der Waals surface area contributed by atoms with Gasteiger partial charge in [-0.2, -0.15) is 5.10 Å². The molecule has 4 heteroatoms. The first-order chi connectivity index (χ1) is 8.29. The average molecular weight is 293 g/mol. The van der Waals surface area contributed by atoms with Crippen LogP contribution in [-0.2, 0) is 6.61 Å². The maximum Gasteiger partial charge on any atom is 0.0715 e. The van der Waals surface area contributed by atoms with Crippen LogP contribution in [0.25, 0.3) is 5.69 Å². The Balaban J connectivity index is 2.07. The number of hydrogen-bond donors (Lipinski definition) is 1. The molecular formula is C13H13BrN2O. The molecule has 1 heterocycles. The van der Waals surface area contributed by atoms with Gasteiger partial charge in [0.1, 0.15) is 0 Å². The third-order valence-electron chi connectivity index (χ3n) is 3.09. The zero-order chi connectivity index (χ0) is 11.8. The average Bonchev–Trinajstić information content (AvgIpc) is 3.10. The molecule has 0 aliphatic heterocycles. The number of halogens is 1. The molecule has 1 N–H and O–H groups in total. The molecule has 3 rings (SSSR count). The Bertz CT molecular complexity index is 529. The third kappa shape index (κ3) is 2.03. The molecule has 1 fully saturated rings. The van der Waals surface area contributed by atoms with Crippen LogP contribution in [0.4, 0.5) is 0 Å². The fourth-order valence-electron chi connectivity index (χ4n) is 2.09. The molecule has 1 aliphatic carbocycles. The summed E-state index contributed by atoms with van der Waals surface area (Å²) in [6.45, 7) is 0.0718. The van der Waals surface area contributed by atoms with Crippen molar-refractivity contribution in [1.82, 2.24) is 9.78 Å². The lowest BCUT2D eigenvalue weighted by molar-refractivity contribution is 0.280. The molecule has 0 bridgehead atoms. The minimum atomic E-state index is 0.0718. The van der Waals surface area contributed by atoms with E-state index in [4.69, 9.17) is 0 Å². The van der Waals surface area contributed by atoms with Gasteiger partial charge in [-0.1, -0.05) is 15.9 Å². The van der Waals surface area contributed by atoms with Crippen LogP contribution in [0.2, 0.25) is 0 Å². The molecule has 0 saturated heterocycles. The maximum absolute atomic E-state index is 9.34. The topological polar surface area (TPSA) is 38.1 Å². The van der Waals surface area contributed by atoms with Crippen LogP contribution >= 0.6 is 15.9 Å². The molecule has 0 spiro atoms. The van der Waals surface area contributed by atoms with Crippen LogP contribution in [0.1, 0.15) is 30.0 Å². The van der Waals surface area contributed by atoms with Crippen molar-refractivity contribution in [2.45, 2.75) is 25.4 Å². The molecule has 17 heavy (non-hydrogen) atoms. The van der Waals surface area contributed by atoms with Crippen molar-refractivity contribution in [3.05, 3.63) is 46.2 Å². The lowest BCUT2D eigenvalue weighted by atomic mass is 10.2. The lowest BCUT2D eigenvalue weighted by Gasteiger charge is -2.08. The summed E-state index contributed by atoms with van der Waals surface area (Å²) in [6, 6.07) is 8.08. The SMILES string of the molecule is OCc1cnn(-c2ccc(Br)cc2)c1C1CC1. The molecule has 1 aromatic heterocycles. The van der Waals surface area contributed by atoms with Gasteiger partial charge in [-0.25, -0.2) is 4.68 Å². The minimum absolute atomic E-state index is 0.0718. The van der Waals surface area contributed by atoms with Crippen LogP contribution in [0.3, 0.4) is 0 Å². The molecule has 0 amide bonds. The van der Waals surface area contributed by atoms with Gasteiger partial charge >= 0.3 is 0 Å². The standard InChI is InChI=1S/C13H13BrN2O/c14-11-3-5-12(6-4-11)16-13(9-1-2-9)10(8-17)7-15-16/h3-7,9,17H,1-2,8H2. The highest BCUT2D eigenvalue weighted by molar-refractivity contribution is 9.10. The monoisotopic (exact) mass is 292 g/mol. The Labute approximate surface area is 108 Å². The van der Waals surface area contributed by atoms with Crippen molar-refractivity contribution in [1.29, 1.82) is 0 Å². The van der Waals surface area contributed by atoms with Crippen LogP contribution in [0.5, 0.6) is 0 Å². The first-order valence-electron chi connectivity index (χ1n) is 5.73. The molecular weight excluding hydrogens is 280 g/mol. The van der Waals surface area contributed by atoms with Crippen LogP contribution < -0.4 is 0 Å². The molecule has 0 radical (unpaired) electrons. The van der Waals surface area contributed by atoms with Crippen LogP contribution in [0.15, 0.2) is 34.9 Å². The van der Waals surface area contributed by atoms with Gasteiger partial charge in [0.25, 0.3) is 0 Å². The fourth-order valence-corrected chi connectivity index (χ4v) is 2.36. The van der Waals surface area contributed by atoms with E-state index in [1.807, 2.05) is 28.9 Å². The smallest absolute Gasteiger partial charge is 0.0715 e. The third-order valence-corrected chi connectivity index (χ3v) is 3.62. The van der Waals surface area contributed by atoms with Gasteiger partial charge in [0.2, 0.25) is 0 Å². The number of nitrogens with zero attached hydrogens (tertiary/aromatic N) is 2. The molecule has 1 saturated carbocycles. The molecule has 0 atom stereocenters. The van der Waals surface area contributed by atoms with Gasteiger partial charge in [0.15, 0.2) is 0 Å². The Morgan fingerprint density at radius 3 is 2.59 bits per heavy atom. The van der Waals surface area contributed by atoms with Gasteiger partial charge in [-0.3, -0.25) is 0 Å². The van der Waals surface area contributed by atoms with Crippen molar-refractivity contribution in [2.24, 2.45) is 0 Å². The van der Waals surface area contributed by atoms with Crippen LogP contribution in [-0.4, -0.2) is 14.9 Å². The number of aliphatic hydroxyl groups excluding tert-OH is 1. The minimum Gasteiger partial charge on any atom is -0.392 e. The van der Waals surface area contributed by atoms with E-state index in [-0.39, 0.29) is 6.61 Å². The Morgan fingerprint density at radius 2 is 2.00 bits per heavy atom. The van der Waals surface area contributed by atoms with Crippen molar-refractivity contribution in [3.8, 4) is 5.69 Å². The Morgan fingerprint density at radius 1 is 1.29 bits per heavy atom. The van der Waals surface area contributed by atoms with Crippen molar-refractivity contribution >= 4 is 15.9 Å². The Hall–Kier alpha value is -1.13. The number of aliphatic hydroxyl groups is 1. The van der Waals surface area contributed by atoms with Crippen LogP contribution in [0, 0.1) is 0 Å². The van der Waals surface area contributed by atoms with E-state index in [9.17, 15) is 5.11 Å². The molecule has 1 aliphatic rings. The number of hydrogen-bond acceptors (Lipinski definition) is 2. The molecule has 88 valence electrons. The zero-order valence-electron chi connectivity index (χ0n) is 9.31. The summed E-state index contributed by atoms with van der Waals surface area (Å²) in [5.41, 5.74) is 3.18. The van der Waals surface area contributed by atoms with Gasteiger partial charge < -0.3 is 5.11 Å². The summed E-state index contributed by atoms with van der Waals surface area (Å²) in [6.07, 6.45) is 4.18. The van der Waals surface area contributed by atoms with Gasteiger partial charge in [-0.05, 0) is 37.1 Å². The number of rotatable bonds is 3. The first kappa shape index (κ1) is 11.0. The fraction of sp³-hybridized carbons (Fsp3) is 0.308. The summed E-state index contributed by atoms with van der Waals surface area (Å²) in [7, 11) is 0. The highest BCUT2D eigenvalue weighted by Crippen LogP contribution is 2.42. The predicted molar refractivity (Wildman–Crippen MR) is 69.2 cm³/mol. The lowest BCUT2D eigenvalue weighted by Crippen LogP contribution is -2.02. The first-order valence-corrected chi connectivity index (χ1v) is 6.52. The summed E-state index contributed by atoms with van der Waals surface area (Å²) >= 11 is 3.43. The second-order valence-electron chi connectivity index (χ2n) is 4.38. The number of aromatic nitrogens is 2. The van der Waals surface area contributed by atoms with E-state index in [1.165, 1.54) is 18.5 Å². The summed E-state index contributed by atoms with van der Waals surface area (Å²) in [5.74, 6) is 0.572. The van der Waals surface area contributed by atoms with E-state index in [2.05, 4.69) is 21.0 Å². The predicted octanol–water partition coefficient (Wildman–Crippen LogP) is 3.00. The van der Waals surface area contributed by atoms with Gasteiger partial charge in [-0.15, -0.1) is 0 Å². The zero-order valence-corrected chi connectivity index (χ0v) is 10.9. The van der Waals surface area contributed by atoms with Crippen molar-refractivity contribution in [2.75, 3.05) is 0 Å². The van der Waals surface area contributed by atoms with E-state index in [1.54, 1.807) is 6.20 Å². The summed E-state index contributed by atoms with van der Waals surface area (Å²) < 4.78 is 3.01. The van der Waals surface area contributed by atoms with E-state index < -0.39 is 0 Å². The van der Waals surface area contributed by atoms with Crippen molar-refractivity contribution in [3.63, 3.8) is 0 Å². The van der Waals surface area contributed by atoms with Gasteiger partial charge in [0.05, 0.1) is 24.2 Å². The summed E-state index contributed by atoms with van der Waals surface area (Å²) in [4.78, 5) is 0. The van der Waals surface area contributed by atoms with E-state index in [0.29, 0.717) is 5.92 Å². The molecule has 2 aromatic rings.